The van der Waals surface area contributed by atoms with Gasteiger partial charge in [0.25, 0.3) is 5.91 Å². The molecule has 0 aliphatic rings. The maximum Gasteiger partial charge on any atom is 0.271 e. The molecule has 0 saturated carbocycles. The predicted octanol–water partition coefficient (Wildman–Crippen LogP) is 4.79. The van der Waals surface area contributed by atoms with Crippen molar-refractivity contribution in [1.82, 2.24) is 25.3 Å². The Hall–Kier alpha value is -3.87. The molecule has 2 aromatic heterocycles. The Kier molecular flexibility index (Phi) is 5.81. The van der Waals surface area contributed by atoms with Gasteiger partial charge in [-0.1, -0.05) is 36.4 Å². The summed E-state index contributed by atoms with van der Waals surface area (Å²) in [7, 11) is 0. The molecule has 1 amide bonds. The number of nitrogens with one attached hydrogen (secondary N) is 2. The van der Waals surface area contributed by atoms with Crippen molar-refractivity contribution in [2.45, 2.75) is 39.3 Å². The Bertz CT molecular complexity index is 1250. The molecule has 7 nitrogen and oxygen atoms in total. The molecular formula is C25H26N6O. The summed E-state index contributed by atoms with van der Waals surface area (Å²) in [5.41, 5.74) is 3.35. The lowest BCUT2D eigenvalue weighted by Crippen LogP contribution is -2.41. The van der Waals surface area contributed by atoms with Crippen LogP contribution in [-0.2, 0) is 0 Å². The van der Waals surface area contributed by atoms with E-state index in [9.17, 15) is 4.79 Å². The fourth-order valence-corrected chi connectivity index (χ4v) is 3.38. The van der Waals surface area contributed by atoms with Gasteiger partial charge in [0.2, 0.25) is 0 Å². The third kappa shape index (κ3) is 4.88. The SMILES string of the molecule is C[C@@H](Nc1ncnc2ccc(-c3cncc(C(=O)NC(C)(C)C)n3)cc12)c1ccccc1. The molecule has 4 aromatic rings. The van der Waals surface area contributed by atoms with Gasteiger partial charge in [0.15, 0.2) is 0 Å². The molecule has 2 heterocycles. The second-order valence-electron chi connectivity index (χ2n) is 8.72. The molecule has 0 fully saturated rings. The van der Waals surface area contributed by atoms with Gasteiger partial charge in [-0.15, -0.1) is 0 Å². The fourth-order valence-electron chi connectivity index (χ4n) is 3.38. The van der Waals surface area contributed by atoms with Crippen LogP contribution in [0.2, 0.25) is 0 Å². The number of benzene rings is 2. The Morgan fingerprint density at radius 2 is 1.78 bits per heavy atom. The van der Waals surface area contributed by atoms with Crippen molar-refractivity contribution in [2.24, 2.45) is 0 Å². The first kappa shape index (κ1) is 21.4. The van der Waals surface area contributed by atoms with Crippen LogP contribution in [0.1, 0.15) is 49.8 Å². The topological polar surface area (TPSA) is 92.7 Å². The van der Waals surface area contributed by atoms with E-state index in [-0.39, 0.29) is 23.2 Å². The highest BCUT2D eigenvalue weighted by Crippen LogP contribution is 2.28. The van der Waals surface area contributed by atoms with E-state index in [1.54, 1.807) is 12.5 Å². The highest BCUT2D eigenvalue weighted by molar-refractivity contribution is 5.94. The molecular weight excluding hydrogens is 400 g/mol. The molecule has 162 valence electrons. The molecule has 0 saturated heterocycles. The van der Waals surface area contributed by atoms with E-state index in [0.717, 1.165) is 22.3 Å². The Morgan fingerprint density at radius 1 is 1.00 bits per heavy atom. The van der Waals surface area contributed by atoms with Crippen LogP contribution in [0, 0.1) is 0 Å². The second-order valence-corrected chi connectivity index (χ2v) is 8.72. The molecule has 0 aliphatic heterocycles. The van der Waals surface area contributed by atoms with Crippen LogP contribution in [0.3, 0.4) is 0 Å². The minimum atomic E-state index is -0.356. The number of aromatic nitrogens is 4. The lowest BCUT2D eigenvalue weighted by Gasteiger charge is -2.20. The van der Waals surface area contributed by atoms with E-state index >= 15 is 0 Å². The highest BCUT2D eigenvalue weighted by atomic mass is 16.2. The van der Waals surface area contributed by atoms with Gasteiger partial charge in [-0.2, -0.15) is 0 Å². The molecule has 1 atom stereocenters. The molecule has 2 N–H and O–H groups in total. The summed E-state index contributed by atoms with van der Waals surface area (Å²) >= 11 is 0. The van der Waals surface area contributed by atoms with Gasteiger partial charge in [-0.3, -0.25) is 9.78 Å². The summed E-state index contributed by atoms with van der Waals surface area (Å²) < 4.78 is 0. The minimum Gasteiger partial charge on any atom is -0.363 e. The molecule has 7 heteroatoms. The summed E-state index contributed by atoms with van der Waals surface area (Å²) in [6.45, 7) is 7.87. The number of nitrogens with zero attached hydrogens (tertiary/aromatic N) is 4. The van der Waals surface area contributed by atoms with E-state index < -0.39 is 0 Å². The molecule has 4 rings (SSSR count). The first-order valence-corrected chi connectivity index (χ1v) is 10.5. The van der Waals surface area contributed by atoms with E-state index in [0.29, 0.717) is 5.69 Å². The summed E-state index contributed by atoms with van der Waals surface area (Å²) in [6.07, 6.45) is 4.68. The average Bonchev–Trinajstić information content (AvgIpc) is 2.78. The number of anilines is 1. The summed E-state index contributed by atoms with van der Waals surface area (Å²) in [5.74, 6) is 0.484. The van der Waals surface area contributed by atoms with Crippen LogP contribution in [0.25, 0.3) is 22.2 Å². The number of carbonyl (C=O) groups is 1. The van der Waals surface area contributed by atoms with E-state index in [4.69, 9.17) is 0 Å². The zero-order chi connectivity index (χ0) is 22.7. The molecule has 0 radical (unpaired) electrons. The number of rotatable bonds is 5. The third-order valence-electron chi connectivity index (χ3n) is 4.94. The second kappa shape index (κ2) is 8.70. The molecule has 0 aliphatic carbocycles. The van der Waals surface area contributed by atoms with Crippen molar-refractivity contribution in [1.29, 1.82) is 0 Å². The lowest BCUT2D eigenvalue weighted by molar-refractivity contribution is 0.0914. The van der Waals surface area contributed by atoms with Gasteiger partial charge < -0.3 is 10.6 Å². The average molecular weight is 427 g/mol. The van der Waals surface area contributed by atoms with Crippen molar-refractivity contribution >= 4 is 22.6 Å². The first-order chi connectivity index (χ1) is 15.3. The van der Waals surface area contributed by atoms with E-state index in [2.05, 4.69) is 49.6 Å². The molecule has 32 heavy (non-hydrogen) atoms. The van der Waals surface area contributed by atoms with Gasteiger partial charge in [0.1, 0.15) is 17.8 Å². The fraction of sp³-hybridized carbons (Fsp3) is 0.240. The van der Waals surface area contributed by atoms with E-state index in [1.807, 2.05) is 57.2 Å². The molecule has 2 aromatic carbocycles. The Balaban J connectivity index is 1.67. The largest absolute Gasteiger partial charge is 0.363 e. The van der Waals surface area contributed by atoms with E-state index in [1.165, 1.54) is 11.8 Å². The van der Waals surface area contributed by atoms with Crippen LogP contribution in [-0.4, -0.2) is 31.4 Å². The van der Waals surface area contributed by atoms with Crippen molar-refractivity contribution in [3.8, 4) is 11.3 Å². The zero-order valence-corrected chi connectivity index (χ0v) is 18.6. The number of hydrogen-bond donors (Lipinski definition) is 2. The first-order valence-electron chi connectivity index (χ1n) is 10.5. The molecule has 0 bridgehead atoms. The van der Waals surface area contributed by atoms with Gasteiger partial charge in [0.05, 0.1) is 23.6 Å². The van der Waals surface area contributed by atoms with Crippen LogP contribution in [0.4, 0.5) is 5.82 Å². The van der Waals surface area contributed by atoms with Gasteiger partial charge in [0, 0.05) is 22.5 Å². The maximum atomic E-state index is 12.5. The van der Waals surface area contributed by atoms with Crippen molar-refractivity contribution in [2.75, 3.05) is 5.32 Å². The monoisotopic (exact) mass is 426 g/mol. The van der Waals surface area contributed by atoms with Crippen LogP contribution in [0.15, 0.2) is 67.3 Å². The Morgan fingerprint density at radius 3 is 2.53 bits per heavy atom. The third-order valence-corrected chi connectivity index (χ3v) is 4.94. The lowest BCUT2D eigenvalue weighted by atomic mass is 10.1. The summed E-state index contributed by atoms with van der Waals surface area (Å²) in [4.78, 5) is 30.2. The quantitative estimate of drug-likeness (QED) is 0.477. The number of hydrogen-bond acceptors (Lipinski definition) is 6. The number of carbonyl (C=O) groups excluding carboxylic acids is 1. The van der Waals surface area contributed by atoms with Gasteiger partial charge in [-0.25, -0.2) is 15.0 Å². The van der Waals surface area contributed by atoms with Crippen LogP contribution < -0.4 is 10.6 Å². The Labute approximate surface area is 187 Å². The smallest absolute Gasteiger partial charge is 0.271 e. The molecule has 0 unspecified atom stereocenters. The zero-order valence-electron chi connectivity index (χ0n) is 18.6. The van der Waals surface area contributed by atoms with Crippen molar-refractivity contribution in [3.63, 3.8) is 0 Å². The number of amides is 1. The standard InChI is InChI=1S/C25H26N6O/c1-16(17-8-6-5-7-9-17)29-23-19-12-18(10-11-20(19)27-15-28-23)21-13-26-14-22(30-21)24(32)31-25(2,3)4/h5-16H,1-4H3,(H,31,32)(H,27,28,29)/t16-/m1/s1. The van der Waals surface area contributed by atoms with Crippen LogP contribution >= 0.6 is 0 Å². The minimum absolute atomic E-state index is 0.0715. The van der Waals surface area contributed by atoms with Crippen molar-refractivity contribution < 1.29 is 4.79 Å². The highest BCUT2D eigenvalue weighted by Gasteiger charge is 2.17. The summed E-state index contributed by atoms with van der Waals surface area (Å²) in [5, 5.41) is 7.28. The molecule has 0 spiro atoms. The summed E-state index contributed by atoms with van der Waals surface area (Å²) in [6, 6.07) is 16.1. The maximum absolute atomic E-state index is 12.5. The van der Waals surface area contributed by atoms with Gasteiger partial charge in [-0.05, 0) is 45.4 Å². The van der Waals surface area contributed by atoms with Crippen molar-refractivity contribution in [3.05, 3.63) is 78.5 Å². The van der Waals surface area contributed by atoms with Crippen LogP contribution in [0.5, 0.6) is 0 Å². The normalized spacial score (nSPS) is 12.4. The predicted molar refractivity (Wildman–Crippen MR) is 126 cm³/mol. The van der Waals surface area contributed by atoms with Gasteiger partial charge >= 0.3 is 0 Å². The number of fused-ring (bicyclic) bond motifs is 1.